The van der Waals surface area contributed by atoms with Crippen molar-refractivity contribution in [2.24, 2.45) is 11.8 Å². The minimum absolute atomic E-state index is 0.249. The number of hydrogen-bond donors (Lipinski definition) is 3. The number of carbonyl (C=O) groups excluding carboxylic acids is 1. The molecule has 1 aromatic heterocycles. The first-order chi connectivity index (χ1) is 23.7. The molecule has 0 unspecified atom stereocenters. The van der Waals surface area contributed by atoms with Crippen LogP contribution in [0.2, 0.25) is 5.02 Å². The standard InChI is InChI=1S/C12H12O3.C11H11ClN2S.C9H18.C4H9N.C2H4O3/c13-7-12(4-1-5-12)9-2-3-10-11(6-9)15-8-14-10;1-13-11-14-7-9(15-11)6-8-4-2-3-5-10(8)12;1-8(2)9-6-4-3-5-7-9;1-2-4-5-3-1;1-5-2(3)4/h2-3,6-7H,1,4-5,8H2;2-5,7H,6H2,1H3,(H,13,14);8-9H,3-7H2,1-2H3;5H,1-4H2;1H3,(H,3,4). The maximum absolute atomic E-state index is 11.1. The van der Waals surface area contributed by atoms with E-state index in [1.165, 1.54) is 62.9 Å². The molecule has 9 nitrogen and oxygen atoms in total. The molecular formula is C38H54ClN3O6S. The van der Waals surface area contributed by atoms with E-state index in [0.717, 1.165) is 83.7 Å². The first-order valence-corrected chi connectivity index (χ1v) is 18.6. The first kappa shape index (κ1) is 40.1. The molecule has 3 fully saturated rings. The number of aromatic nitrogens is 1. The topological polar surface area (TPSA) is 119 Å². The summed E-state index contributed by atoms with van der Waals surface area (Å²) in [6.45, 7) is 7.50. The van der Waals surface area contributed by atoms with Gasteiger partial charge in [0.15, 0.2) is 16.6 Å². The highest BCUT2D eigenvalue weighted by molar-refractivity contribution is 7.15. The molecule has 270 valence electrons. The second-order valence-corrected chi connectivity index (χ2v) is 14.4. The summed E-state index contributed by atoms with van der Waals surface area (Å²) in [7, 11) is 2.97. The Morgan fingerprint density at radius 2 is 1.76 bits per heavy atom. The lowest BCUT2D eigenvalue weighted by Gasteiger charge is -2.37. The minimum Gasteiger partial charge on any atom is -0.454 e. The van der Waals surface area contributed by atoms with Gasteiger partial charge in [-0.1, -0.05) is 88.2 Å². The van der Waals surface area contributed by atoms with Crippen molar-refractivity contribution in [3.05, 3.63) is 69.7 Å². The van der Waals surface area contributed by atoms with Crippen LogP contribution in [0.3, 0.4) is 0 Å². The van der Waals surface area contributed by atoms with Crippen LogP contribution in [-0.2, 0) is 21.4 Å². The number of halogens is 1. The lowest BCUT2D eigenvalue weighted by Crippen LogP contribution is -2.35. The van der Waals surface area contributed by atoms with Gasteiger partial charge in [-0.3, -0.25) is 0 Å². The molecular weight excluding hydrogens is 662 g/mol. The van der Waals surface area contributed by atoms with Gasteiger partial charge in [0.2, 0.25) is 6.79 Å². The summed E-state index contributed by atoms with van der Waals surface area (Å²) >= 11 is 7.74. The van der Waals surface area contributed by atoms with Crippen molar-refractivity contribution in [3.8, 4) is 11.5 Å². The number of carbonyl (C=O) groups is 2. The lowest BCUT2D eigenvalue weighted by molar-refractivity contribution is -0.115. The molecule has 0 amide bonds. The van der Waals surface area contributed by atoms with E-state index in [1.54, 1.807) is 11.3 Å². The van der Waals surface area contributed by atoms with Crippen LogP contribution in [-0.4, -0.2) is 56.6 Å². The number of anilines is 1. The number of benzene rings is 2. The second-order valence-electron chi connectivity index (χ2n) is 12.9. The highest BCUT2D eigenvalue weighted by atomic mass is 35.5. The number of aldehydes is 1. The average Bonchev–Trinajstić information content (AvgIpc) is 3.91. The molecule has 2 aromatic carbocycles. The third kappa shape index (κ3) is 13.5. The number of methoxy groups -OCH3 is 1. The Kier molecular flexibility index (Phi) is 17.7. The Balaban J connectivity index is 0.000000179. The summed E-state index contributed by atoms with van der Waals surface area (Å²) in [5.41, 5.74) is 1.96. The molecule has 2 saturated carbocycles. The van der Waals surface area contributed by atoms with Gasteiger partial charge in [0.25, 0.3) is 0 Å². The van der Waals surface area contributed by atoms with E-state index < -0.39 is 6.16 Å². The van der Waals surface area contributed by atoms with E-state index >= 15 is 0 Å². The van der Waals surface area contributed by atoms with Crippen LogP contribution < -0.4 is 20.1 Å². The number of nitrogens with one attached hydrogen (secondary N) is 2. The molecule has 11 heteroatoms. The molecule has 7 rings (SSSR count). The van der Waals surface area contributed by atoms with Crippen molar-refractivity contribution in [2.75, 3.05) is 39.4 Å². The normalized spacial score (nSPS) is 16.9. The van der Waals surface area contributed by atoms with Crippen LogP contribution in [0.25, 0.3) is 0 Å². The number of rotatable bonds is 6. The number of ether oxygens (including phenoxy) is 3. The maximum atomic E-state index is 11.1. The summed E-state index contributed by atoms with van der Waals surface area (Å²) < 4.78 is 14.2. The van der Waals surface area contributed by atoms with E-state index in [2.05, 4.69) is 34.2 Å². The Morgan fingerprint density at radius 1 is 1.08 bits per heavy atom. The largest absolute Gasteiger partial charge is 0.505 e. The molecule has 0 atom stereocenters. The van der Waals surface area contributed by atoms with Crippen LogP contribution in [0.1, 0.15) is 94.1 Å². The van der Waals surface area contributed by atoms with Crippen molar-refractivity contribution < 1.29 is 28.9 Å². The maximum Gasteiger partial charge on any atom is 0.505 e. The van der Waals surface area contributed by atoms with Crippen molar-refractivity contribution in [3.63, 3.8) is 0 Å². The Hall–Kier alpha value is -3.34. The molecule has 3 heterocycles. The molecule has 3 N–H and O–H groups in total. The monoisotopic (exact) mass is 715 g/mol. The quantitative estimate of drug-likeness (QED) is 0.169. The molecule has 3 aromatic rings. The van der Waals surface area contributed by atoms with Crippen LogP contribution in [0, 0.1) is 11.8 Å². The molecule has 0 radical (unpaired) electrons. The fourth-order valence-corrected chi connectivity index (χ4v) is 6.99. The Labute approximate surface area is 301 Å². The Morgan fingerprint density at radius 3 is 2.24 bits per heavy atom. The van der Waals surface area contributed by atoms with Gasteiger partial charge in [0.1, 0.15) is 6.29 Å². The summed E-state index contributed by atoms with van der Waals surface area (Å²) in [5, 5.41) is 15.5. The van der Waals surface area contributed by atoms with Crippen LogP contribution in [0.15, 0.2) is 48.7 Å². The molecule has 2 aliphatic carbocycles. The van der Waals surface area contributed by atoms with Gasteiger partial charge in [-0.15, -0.1) is 11.3 Å². The zero-order valence-electron chi connectivity index (χ0n) is 29.5. The fraction of sp³-hybridized carbons (Fsp3) is 0.553. The molecule has 1 saturated heterocycles. The van der Waals surface area contributed by atoms with Crippen LogP contribution >= 0.6 is 22.9 Å². The SMILES string of the molecule is C1CCNC1.CC(C)C1CCCCC1.CNc1ncc(Cc2ccccc2Cl)s1.COC(=O)O.O=CC1(c2ccc3c(c2)OCO3)CCC1. The molecule has 2 aliphatic heterocycles. The van der Waals surface area contributed by atoms with Gasteiger partial charge in [-0.25, -0.2) is 9.78 Å². The number of carboxylic acid groups (broad SMARTS) is 1. The summed E-state index contributed by atoms with van der Waals surface area (Å²) in [4.78, 5) is 25.7. The molecule has 49 heavy (non-hydrogen) atoms. The van der Waals surface area contributed by atoms with Crippen LogP contribution in [0.4, 0.5) is 9.93 Å². The van der Waals surface area contributed by atoms with Crippen molar-refractivity contribution >= 4 is 40.5 Å². The first-order valence-electron chi connectivity index (χ1n) is 17.4. The van der Waals surface area contributed by atoms with Gasteiger partial charge in [0.05, 0.1) is 12.5 Å². The lowest BCUT2D eigenvalue weighted by atomic mass is 9.65. The molecule has 0 bridgehead atoms. The van der Waals surface area contributed by atoms with Crippen molar-refractivity contribution in [2.45, 2.75) is 89.9 Å². The zero-order chi connectivity index (χ0) is 35.5. The van der Waals surface area contributed by atoms with E-state index in [9.17, 15) is 4.79 Å². The summed E-state index contributed by atoms with van der Waals surface area (Å²) in [5.74, 6) is 3.53. The smallest absolute Gasteiger partial charge is 0.454 e. The van der Waals surface area contributed by atoms with E-state index in [4.69, 9.17) is 31.0 Å². The second kappa shape index (κ2) is 21.7. The van der Waals surface area contributed by atoms with Gasteiger partial charge >= 0.3 is 6.16 Å². The molecule has 4 aliphatic rings. The van der Waals surface area contributed by atoms with Crippen LogP contribution in [0.5, 0.6) is 11.5 Å². The predicted molar refractivity (Wildman–Crippen MR) is 199 cm³/mol. The van der Waals surface area contributed by atoms with E-state index in [1.807, 2.05) is 55.7 Å². The van der Waals surface area contributed by atoms with E-state index in [0.29, 0.717) is 0 Å². The van der Waals surface area contributed by atoms with Crippen molar-refractivity contribution in [1.82, 2.24) is 10.3 Å². The summed E-state index contributed by atoms with van der Waals surface area (Å²) in [6, 6.07) is 13.7. The predicted octanol–water partition coefficient (Wildman–Crippen LogP) is 9.37. The number of nitrogens with zero attached hydrogens (tertiary/aromatic N) is 1. The highest BCUT2D eigenvalue weighted by Gasteiger charge is 2.39. The van der Waals surface area contributed by atoms with Gasteiger partial charge < -0.3 is 34.7 Å². The third-order valence-corrected chi connectivity index (χ3v) is 10.6. The average molecular weight is 716 g/mol. The number of thiazole rings is 1. The summed E-state index contributed by atoms with van der Waals surface area (Å²) in [6.07, 6.45) is 15.8. The van der Waals surface area contributed by atoms with Crippen molar-refractivity contribution in [1.29, 1.82) is 0 Å². The number of fused-ring (bicyclic) bond motifs is 1. The zero-order valence-corrected chi connectivity index (χ0v) is 31.0. The van der Waals surface area contributed by atoms with Gasteiger partial charge in [-0.05, 0) is 79.9 Å². The Bertz CT molecular complexity index is 1400. The highest BCUT2D eigenvalue weighted by Crippen LogP contribution is 2.45. The third-order valence-electron chi connectivity index (χ3n) is 9.23. The fourth-order valence-electron chi connectivity index (χ4n) is 6.00. The van der Waals surface area contributed by atoms with Gasteiger partial charge in [0, 0.05) is 29.6 Å². The van der Waals surface area contributed by atoms with Gasteiger partial charge in [-0.2, -0.15) is 0 Å². The van der Waals surface area contributed by atoms with E-state index in [-0.39, 0.29) is 12.2 Å². The minimum atomic E-state index is -1.25. The molecule has 0 spiro atoms. The number of hydrogen-bond acceptors (Lipinski definition) is 9.